The first-order valence-corrected chi connectivity index (χ1v) is 7.03. The molecule has 4 nitrogen and oxygen atoms in total. The molecule has 2 N–H and O–H groups in total. The first-order chi connectivity index (χ1) is 11.4. The number of benzene rings is 2. The number of halogens is 3. The molecule has 0 spiro atoms. The minimum absolute atomic E-state index is 0.310. The number of pyridine rings is 1. The Morgan fingerprint density at radius 1 is 0.875 bits per heavy atom. The monoisotopic (exact) mass is 331 g/mol. The zero-order chi connectivity index (χ0) is 17.2. The van der Waals surface area contributed by atoms with Crippen molar-refractivity contribution < 1.29 is 18.0 Å². The Balaban J connectivity index is 1.84. The number of aromatic nitrogens is 1. The normalized spacial score (nSPS) is 11.3. The van der Waals surface area contributed by atoms with Gasteiger partial charge in [-0.1, -0.05) is 30.3 Å². The van der Waals surface area contributed by atoms with E-state index in [1.807, 2.05) is 12.1 Å². The molecule has 0 bridgehead atoms. The molecule has 0 aliphatic heterocycles. The molecule has 0 aliphatic rings. The lowest BCUT2D eigenvalue weighted by atomic mass is 10.1. The summed E-state index contributed by atoms with van der Waals surface area (Å²) in [7, 11) is 0. The minimum atomic E-state index is -4.55. The van der Waals surface area contributed by atoms with Crippen LogP contribution >= 0.6 is 0 Å². The number of urea groups is 1. The fourth-order valence-electron chi connectivity index (χ4n) is 2.32. The standard InChI is InChI=1S/C17H12F3N3O/c18-17(19,20)12-7-1-2-8-13(12)22-16(24)23-14-9-3-5-11-6-4-10-21-15(11)14/h1-10H,(H2,22,23,24). The summed E-state index contributed by atoms with van der Waals surface area (Å²) in [5, 5.41) is 5.58. The van der Waals surface area contributed by atoms with Crippen molar-refractivity contribution >= 4 is 28.3 Å². The Kier molecular flexibility index (Phi) is 4.07. The first kappa shape index (κ1) is 15.8. The number of hydrogen-bond acceptors (Lipinski definition) is 2. The van der Waals surface area contributed by atoms with Crippen LogP contribution in [0.25, 0.3) is 10.9 Å². The van der Waals surface area contributed by atoms with Crippen LogP contribution in [0.3, 0.4) is 0 Å². The van der Waals surface area contributed by atoms with E-state index in [9.17, 15) is 18.0 Å². The molecule has 0 fully saturated rings. The largest absolute Gasteiger partial charge is 0.418 e. The zero-order valence-electron chi connectivity index (χ0n) is 12.3. The highest BCUT2D eigenvalue weighted by Gasteiger charge is 2.33. The van der Waals surface area contributed by atoms with Crippen molar-refractivity contribution in [2.24, 2.45) is 0 Å². The summed E-state index contributed by atoms with van der Waals surface area (Å²) in [6.07, 6.45) is -2.98. The third kappa shape index (κ3) is 3.29. The molecule has 0 unspecified atom stereocenters. The van der Waals surface area contributed by atoms with Gasteiger partial charge in [0.1, 0.15) is 0 Å². The minimum Gasteiger partial charge on any atom is -0.307 e. The number of carbonyl (C=O) groups excluding carboxylic acids is 1. The lowest BCUT2D eigenvalue weighted by Gasteiger charge is -2.14. The van der Waals surface area contributed by atoms with Crippen molar-refractivity contribution in [3.05, 3.63) is 66.4 Å². The number of para-hydroxylation sites is 2. The maximum atomic E-state index is 13.0. The third-order valence-electron chi connectivity index (χ3n) is 3.36. The van der Waals surface area contributed by atoms with E-state index in [4.69, 9.17) is 0 Å². The van der Waals surface area contributed by atoms with Crippen molar-refractivity contribution in [1.29, 1.82) is 0 Å². The summed E-state index contributed by atoms with van der Waals surface area (Å²) < 4.78 is 38.9. The molecule has 7 heteroatoms. The van der Waals surface area contributed by atoms with Gasteiger partial charge in [0.05, 0.1) is 22.5 Å². The average molecular weight is 331 g/mol. The Bertz CT molecular complexity index is 888. The van der Waals surface area contributed by atoms with Gasteiger partial charge in [0.25, 0.3) is 0 Å². The van der Waals surface area contributed by atoms with Gasteiger partial charge in [-0.2, -0.15) is 13.2 Å². The summed E-state index contributed by atoms with van der Waals surface area (Å²) in [5.74, 6) is 0. The number of rotatable bonds is 2. The molecular formula is C17H12F3N3O. The molecule has 1 aromatic heterocycles. The van der Waals surface area contributed by atoms with E-state index in [0.717, 1.165) is 11.5 Å². The van der Waals surface area contributed by atoms with E-state index in [1.54, 1.807) is 24.4 Å². The molecular weight excluding hydrogens is 319 g/mol. The number of carbonyl (C=O) groups is 1. The highest BCUT2D eigenvalue weighted by Crippen LogP contribution is 2.34. The van der Waals surface area contributed by atoms with Crippen LogP contribution in [0.15, 0.2) is 60.8 Å². The van der Waals surface area contributed by atoms with E-state index < -0.39 is 17.8 Å². The van der Waals surface area contributed by atoms with Crippen LogP contribution in [0.2, 0.25) is 0 Å². The van der Waals surface area contributed by atoms with E-state index in [1.165, 1.54) is 18.2 Å². The second-order valence-corrected chi connectivity index (χ2v) is 5.00. The number of nitrogens with one attached hydrogen (secondary N) is 2. The molecule has 1 heterocycles. The third-order valence-corrected chi connectivity index (χ3v) is 3.36. The van der Waals surface area contributed by atoms with E-state index in [2.05, 4.69) is 15.6 Å². The van der Waals surface area contributed by atoms with Gasteiger partial charge in [0, 0.05) is 11.6 Å². The number of amides is 2. The summed E-state index contributed by atoms with van der Waals surface area (Å²) in [6.45, 7) is 0. The van der Waals surface area contributed by atoms with E-state index in [0.29, 0.717) is 11.2 Å². The zero-order valence-corrected chi connectivity index (χ0v) is 12.3. The number of nitrogens with zero attached hydrogens (tertiary/aromatic N) is 1. The van der Waals surface area contributed by atoms with Crippen LogP contribution in [0.5, 0.6) is 0 Å². The molecule has 0 radical (unpaired) electrons. The topological polar surface area (TPSA) is 54.0 Å². The maximum absolute atomic E-state index is 13.0. The molecule has 3 rings (SSSR count). The smallest absolute Gasteiger partial charge is 0.307 e. The molecule has 2 aromatic carbocycles. The van der Waals surface area contributed by atoms with Crippen molar-refractivity contribution in [3.8, 4) is 0 Å². The Morgan fingerprint density at radius 3 is 2.33 bits per heavy atom. The summed E-state index contributed by atoms with van der Waals surface area (Å²) in [5.41, 5.74) is -0.249. The van der Waals surface area contributed by atoms with Crippen molar-refractivity contribution in [1.82, 2.24) is 4.98 Å². The molecule has 24 heavy (non-hydrogen) atoms. The van der Waals surface area contributed by atoms with Gasteiger partial charge in [-0.05, 0) is 24.3 Å². The fraction of sp³-hybridized carbons (Fsp3) is 0.0588. The Morgan fingerprint density at radius 2 is 1.54 bits per heavy atom. The van der Waals surface area contributed by atoms with Crippen molar-refractivity contribution in [3.63, 3.8) is 0 Å². The lowest BCUT2D eigenvalue weighted by Crippen LogP contribution is -2.22. The van der Waals surface area contributed by atoms with Crippen molar-refractivity contribution in [2.45, 2.75) is 6.18 Å². The molecule has 0 saturated heterocycles. The van der Waals surface area contributed by atoms with Gasteiger partial charge < -0.3 is 10.6 Å². The lowest BCUT2D eigenvalue weighted by molar-refractivity contribution is -0.136. The van der Waals surface area contributed by atoms with Gasteiger partial charge in [0.2, 0.25) is 0 Å². The molecule has 3 aromatic rings. The van der Waals surface area contributed by atoms with Crippen molar-refractivity contribution in [2.75, 3.05) is 10.6 Å². The van der Waals surface area contributed by atoms with Gasteiger partial charge in [0.15, 0.2) is 0 Å². The second kappa shape index (κ2) is 6.19. The number of anilines is 2. The molecule has 2 amide bonds. The van der Waals surface area contributed by atoms with Gasteiger partial charge >= 0.3 is 12.2 Å². The second-order valence-electron chi connectivity index (χ2n) is 5.00. The highest BCUT2D eigenvalue weighted by molar-refractivity contribution is 6.05. The summed E-state index contributed by atoms with van der Waals surface area (Å²) >= 11 is 0. The average Bonchev–Trinajstić information content (AvgIpc) is 2.54. The molecule has 122 valence electrons. The van der Waals surface area contributed by atoms with E-state index in [-0.39, 0.29) is 5.69 Å². The predicted molar refractivity (Wildman–Crippen MR) is 85.8 cm³/mol. The number of alkyl halides is 3. The Labute approximate surface area is 135 Å². The van der Waals surface area contributed by atoms with Crippen LogP contribution < -0.4 is 10.6 Å². The maximum Gasteiger partial charge on any atom is 0.418 e. The van der Waals surface area contributed by atoms with Crippen LogP contribution in [0.4, 0.5) is 29.3 Å². The van der Waals surface area contributed by atoms with Crippen LogP contribution in [0, 0.1) is 0 Å². The van der Waals surface area contributed by atoms with Crippen LogP contribution in [-0.4, -0.2) is 11.0 Å². The van der Waals surface area contributed by atoms with Crippen LogP contribution in [-0.2, 0) is 6.18 Å². The first-order valence-electron chi connectivity index (χ1n) is 7.03. The molecule has 0 aliphatic carbocycles. The fourth-order valence-corrected chi connectivity index (χ4v) is 2.32. The number of fused-ring (bicyclic) bond motifs is 1. The highest BCUT2D eigenvalue weighted by atomic mass is 19.4. The molecule has 0 atom stereocenters. The van der Waals surface area contributed by atoms with Gasteiger partial charge in [-0.3, -0.25) is 4.98 Å². The Hall–Kier alpha value is -3.09. The van der Waals surface area contributed by atoms with Gasteiger partial charge in [-0.25, -0.2) is 4.79 Å². The summed E-state index contributed by atoms with van der Waals surface area (Å²) in [6, 6.07) is 12.8. The van der Waals surface area contributed by atoms with E-state index >= 15 is 0 Å². The predicted octanol–water partition coefficient (Wildman–Crippen LogP) is 4.90. The SMILES string of the molecule is O=C(Nc1ccccc1C(F)(F)F)Nc1cccc2cccnc12. The molecule has 0 saturated carbocycles. The number of hydrogen-bond donors (Lipinski definition) is 2. The quantitative estimate of drug-likeness (QED) is 0.702. The van der Waals surface area contributed by atoms with Gasteiger partial charge in [-0.15, -0.1) is 0 Å². The summed E-state index contributed by atoms with van der Waals surface area (Å²) in [4.78, 5) is 16.3. The van der Waals surface area contributed by atoms with Crippen LogP contribution in [0.1, 0.15) is 5.56 Å².